The van der Waals surface area contributed by atoms with Crippen LogP contribution in [-0.4, -0.2) is 20.2 Å². The number of anilines is 2. The third-order valence-electron chi connectivity index (χ3n) is 4.63. The Hall–Kier alpha value is -3.80. The SMILES string of the molecule is Nc1cccc(-c2cc3c(-c4ccc5[nH]nc(N)c5c4)ccnc3[nH]2)c1. The third kappa shape index (κ3) is 2.20. The molecule has 0 amide bonds. The summed E-state index contributed by atoms with van der Waals surface area (Å²) in [4.78, 5) is 7.86. The second-order valence-corrected chi connectivity index (χ2v) is 6.30. The van der Waals surface area contributed by atoms with Gasteiger partial charge in [0.1, 0.15) is 5.65 Å². The van der Waals surface area contributed by atoms with Gasteiger partial charge in [-0.1, -0.05) is 18.2 Å². The summed E-state index contributed by atoms with van der Waals surface area (Å²) < 4.78 is 0. The molecule has 6 nitrogen and oxygen atoms in total. The van der Waals surface area contributed by atoms with Crippen molar-refractivity contribution in [2.24, 2.45) is 0 Å². The average molecular weight is 340 g/mol. The Morgan fingerprint density at radius 1 is 0.846 bits per heavy atom. The van der Waals surface area contributed by atoms with E-state index in [1.807, 2.05) is 36.4 Å². The Labute approximate surface area is 148 Å². The van der Waals surface area contributed by atoms with Gasteiger partial charge in [0.05, 0.1) is 5.52 Å². The van der Waals surface area contributed by atoms with E-state index in [0.29, 0.717) is 5.82 Å². The van der Waals surface area contributed by atoms with E-state index in [4.69, 9.17) is 11.5 Å². The molecule has 6 heteroatoms. The van der Waals surface area contributed by atoms with Gasteiger partial charge in [0.2, 0.25) is 0 Å². The molecule has 0 radical (unpaired) electrons. The van der Waals surface area contributed by atoms with Crippen LogP contribution in [0, 0.1) is 0 Å². The van der Waals surface area contributed by atoms with Crippen LogP contribution in [0.25, 0.3) is 44.3 Å². The minimum Gasteiger partial charge on any atom is -0.399 e. The van der Waals surface area contributed by atoms with E-state index in [-0.39, 0.29) is 0 Å². The molecule has 0 atom stereocenters. The molecular weight excluding hydrogens is 324 g/mol. The molecule has 0 aliphatic rings. The molecule has 0 aliphatic carbocycles. The summed E-state index contributed by atoms with van der Waals surface area (Å²) in [7, 11) is 0. The van der Waals surface area contributed by atoms with Gasteiger partial charge >= 0.3 is 0 Å². The molecule has 2 aromatic carbocycles. The number of nitrogen functional groups attached to an aromatic ring is 2. The molecule has 0 fully saturated rings. The van der Waals surface area contributed by atoms with Crippen LogP contribution in [0.15, 0.2) is 60.8 Å². The first-order valence-corrected chi connectivity index (χ1v) is 8.27. The molecule has 5 aromatic rings. The van der Waals surface area contributed by atoms with E-state index in [1.165, 1.54) is 0 Å². The first-order valence-electron chi connectivity index (χ1n) is 8.27. The Kier molecular flexibility index (Phi) is 2.99. The highest BCUT2D eigenvalue weighted by Gasteiger charge is 2.11. The number of benzene rings is 2. The summed E-state index contributed by atoms with van der Waals surface area (Å²) in [5.41, 5.74) is 18.5. The number of pyridine rings is 1. The molecule has 0 saturated heterocycles. The minimum atomic E-state index is 0.502. The highest BCUT2D eigenvalue weighted by Crippen LogP contribution is 2.33. The number of H-pyrrole nitrogens is 2. The van der Waals surface area contributed by atoms with Gasteiger partial charge < -0.3 is 16.5 Å². The molecule has 5 rings (SSSR count). The summed E-state index contributed by atoms with van der Waals surface area (Å²) in [5, 5.41) is 8.96. The lowest BCUT2D eigenvalue weighted by molar-refractivity contribution is 1.13. The van der Waals surface area contributed by atoms with Crippen molar-refractivity contribution in [3.8, 4) is 22.4 Å². The molecule has 3 heterocycles. The van der Waals surface area contributed by atoms with Crippen molar-refractivity contribution in [1.29, 1.82) is 0 Å². The minimum absolute atomic E-state index is 0.502. The van der Waals surface area contributed by atoms with Crippen LogP contribution in [0.5, 0.6) is 0 Å². The normalized spacial score (nSPS) is 11.4. The van der Waals surface area contributed by atoms with E-state index in [2.05, 4.69) is 38.4 Å². The van der Waals surface area contributed by atoms with Crippen molar-refractivity contribution in [2.45, 2.75) is 0 Å². The standard InChI is InChI=1S/C20H16N6/c21-13-3-1-2-12(8-13)18-10-15-14(6-7-23-20(15)24-18)11-4-5-17-16(9-11)19(22)26-25-17/h1-10H,21H2,(H,23,24)(H3,22,25,26). The van der Waals surface area contributed by atoms with E-state index in [9.17, 15) is 0 Å². The number of rotatable bonds is 2. The van der Waals surface area contributed by atoms with Gasteiger partial charge in [-0.15, -0.1) is 0 Å². The second-order valence-electron chi connectivity index (χ2n) is 6.30. The summed E-state index contributed by atoms with van der Waals surface area (Å²) in [6.07, 6.45) is 1.81. The van der Waals surface area contributed by atoms with Crippen molar-refractivity contribution in [3.05, 3.63) is 60.8 Å². The van der Waals surface area contributed by atoms with Gasteiger partial charge in [0.15, 0.2) is 5.82 Å². The highest BCUT2D eigenvalue weighted by molar-refractivity contribution is 5.99. The lowest BCUT2D eigenvalue weighted by Gasteiger charge is -2.03. The number of nitrogens with one attached hydrogen (secondary N) is 2. The maximum absolute atomic E-state index is 5.96. The van der Waals surface area contributed by atoms with Crippen LogP contribution < -0.4 is 11.5 Å². The Morgan fingerprint density at radius 2 is 1.77 bits per heavy atom. The summed E-state index contributed by atoms with van der Waals surface area (Å²) >= 11 is 0. The van der Waals surface area contributed by atoms with Gasteiger partial charge in [-0.2, -0.15) is 5.10 Å². The van der Waals surface area contributed by atoms with E-state index in [0.717, 1.165) is 50.0 Å². The molecule has 0 saturated carbocycles. The van der Waals surface area contributed by atoms with Crippen molar-refractivity contribution in [3.63, 3.8) is 0 Å². The Bertz CT molecular complexity index is 1260. The fourth-order valence-corrected chi connectivity index (χ4v) is 3.34. The maximum atomic E-state index is 5.96. The second kappa shape index (κ2) is 5.35. The summed E-state index contributed by atoms with van der Waals surface area (Å²) in [6, 6.07) is 18.0. The number of nitrogens with two attached hydrogens (primary N) is 2. The predicted molar refractivity (Wildman–Crippen MR) is 105 cm³/mol. The molecule has 6 N–H and O–H groups in total. The molecule has 26 heavy (non-hydrogen) atoms. The zero-order chi connectivity index (χ0) is 17.7. The van der Waals surface area contributed by atoms with Crippen LogP contribution in [0.3, 0.4) is 0 Å². The van der Waals surface area contributed by atoms with Crippen LogP contribution in [-0.2, 0) is 0 Å². The van der Waals surface area contributed by atoms with Crippen molar-refractivity contribution in [2.75, 3.05) is 11.5 Å². The highest BCUT2D eigenvalue weighted by atomic mass is 15.1. The third-order valence-corrected chi connectivity index (χ3v) is 4.63. The topological polar surface area (TPSA) is 109 Å². The number of nitrogens with zero attached hydrogens (tertiary/aromatic N) is 2. The van der Waals surface area contributed by atoms with Crippen LogP contribution in [0.4, 0.5) is 11.5 Å². The molecule has 0 bridgehead atoms. The quantitative estimate of drug-likeness (QED) is 0.365. The number of hydrogen-bond donors (Lipinski definition) is 4. The van der Waals surface area contributed by atoms with Gasteiger partial charge in [-0.05, 0) is 47.5 Å². The molecular formula is C20H16N6. The van der Waals surface area contributed by atoms with Crippen molar-refractivity contribution >= 4 is 33.4 Å². The fraction of sp³-hybridized carbons (Fsp3) is 0. The number of aromatic amines is 2. The Morgan fingerprint density at radius 3 is 2.65 bits per heavy atom. The van der Waals surface area contributed by atoms with Gasteiger partial charge in [0.25, 0.3) is 0 Å². The molecule has 0 spiro atoms. The zero-order valence-corrected chi connectivity index (χ0v) is 13.8. The lowest BCUT2D eigenvalue weighted by atomic mass is 10.0. The van der Waals surface area contributed by atoms with Crippen LogP contribution in [0.1, 0.15) is 0 Å². The van der Waals surface area contributed by atoms with E-state index in [1.54, 1.807) is 6.20 Å². The molecule has 3 aromatic heterocycles. The van der Waals surface area contributed by atoms with Gasteiger partial charge in [0, 0.05) is 33.9 Å². The molecule has 126 valence electrons. The van der Waals surface area contributed by atoms with Gasteiger partial charge in [-0.3, -0.25) is 5.10 Å². The van der Waals surface area contributed by atoms with Crippen LogP contribution in [0.2, 0.25) is 0 Å². The maximum Gasteiger partial charge on any atom is 0.153 e. The lowest BCUT2D eigenvalue weighted by Crippen LogP contribution is -1.85. The van der Waals surface area contributed by atoms with E-state index < -0.39 is 0 Å². The van der Waals surface area contributed by atoms with Crippen molar-refractivity contribution < 1.29 is 0 Å². The molecule has 0 aliphatic heterocycles. The zero-order valence-electron chi connectivity index (χ0n) is 13.8. The average Bonchev–Trinajstić information content (AvgIpc) is 3.25. The number of aromatic nitrogens is 4. The number of fused-ring (bicyclic) bond motifs is 2. The van der Waals surface area contributed by atoms with Gasteiger partial charge in [-0.25, -0.2) is 4.98 Å². The predicted octanol–water partition coefficient (Wildman–Crippen LogP) is 3.94. The van der Waals surface area contributed by atoms with E-state index >= 15 is 0 Å². The van der Waals surface area contributed by atoms with Crippen molar-refractivity contribution in [1.82, 2.24) is 20.2 Å². The monoisotopic (exact) mass is 340 g/mol. The summed E-state index contributed by atoms with van der Waals surface area (Å²) in [5.74, 6) is 0.502. The fourth-order valence-electron chi connectivity index (χ4n) is 3.34. The Balaban J connectivity index is 1.71. The largest absolute Gasteiger partial charge is 0.399 e. The summed E-state index contributed by atoms with van der Waals surface area (Å²) in [6.45, 7) is 0. The number of hydrogen-bond acceptors (Lipinski definition) is 4. The first-order chi connectivity index (χ1) is 12.7. The first kappa shape index (κ1) is 14.5. The molecule has 0 unspecified atom stereocenters. The van der Waals surface area contributed by atoms with Crippen LogP contribution >= 0.6 is 0 Å². The smallest absolute Gasteiger partial charge is 0.153 e.